The molecule has 0 spiro atoms. The molecule has 1 heterocycles. The summed E-state index contributed by atoms with van der Waals surface area (Å²) in [7, 11) is 0. The minimum atomic E-state index is 0.677. The maximum atomic E-state index is 10.5. The number of allylic oxidation sites excluding steroid dienone is 4. The van der Waals surface area contributed by atoms with Gasteiger partial charge in [0.2, 0.25) is 0 Å². The molecule has 0 amide bonds. The monoisotopic (exact) mass is 194 g/mol. The van der Waals surface area contributed by atoms with E-state index in [-0.39, 0.29) is 0 Å². The molecule has 0 aromatic heterocycles. The van der Waals surface area contributed by atoms with Gasteiger partial charge in [0.15, 0.2) is 0 Å². The van der Waals surface area contributed by atoms with Crippen LogP contribution < -0.4 is 0 Å². The van der Waals surface area contributed by atoms with Gasteiger partial charge in [-0.1, -0.05) is 18.2 Å². The highest BCUT2D eigenvalue weighted by atomic mass is 32.2. The third-order valence-corrected chi connectivity index (χ3v) is 4.28. The molecule has 0 N–H and O–H groups in total. The fraction of sp³-hybridized carbons (Fsp3) is 0.545. The van der Waals surface area contributed by atoms with E-state index in [4.69, 9.17) is 0 Å². The van der Waals surface area contributed by atoms with Gasteiger partial charge in [0.25, 0.3) is 0 Å². The number of rotatable bonds is 2. The van der Waals surface area contributed by atoms with E-state index >= 15 is 0 Å². The number of thioether (sulfide) groups is 1. The molecule has 2 atom stereocenters. The second-order valence-electron chi connectivity index (χ2n) is 3.63. The van der Waals surface area contributed by atoms with E-state index in [9.17, 15) is 4.79 Å². The predicted octanol–water partition coefficient (Wildman–Crippen LogP) is 2.58. The van der Waals surface area contributed by atoms with Crippen LogP contribution in [0.25, 0.3) is 0 Å². The van der Waals surface area contributed by atoms with E-state index in [1.54, 1.807) is 0 Å². The van der Waals surface area contributed by atoms with Crippen molar-refractivity contribution in [2.75, 3.05) is 5.75 Å². The largest absolute Gasteiger partial charge is 0.298 e. The molecule has 0 aromatic rings. The molecular weight excluding hydrogens is 180 g/mol. The Bertz CT molecular complexity index is 249. The molecule has 2 rings (SSSR count). The molecular formula is C11H14OS. The van der Waals surface area contributed by atoms with Crippen LogP contribution in [0.1, 0.15) is 19.3 Å². The van der Waals surface area contributed by atoms with E-state index in [1.165, 1.54) is 18.6 Å². The number of hydrogen-bond acceptors (Lipinski definition) is 2. The second-order valence-corrected chi connectivity index (χ2v) is 4.98. The molecule has 0 bridgehead atoms. The molecule has 1 saturated heterocycles. The third-order valence-electron chi connectivity index (χ3n) is 2.74. The summed E-state index contributed by atoms with van der Waals surface area (Å²) in [4.78, 5) is 10.5. The van der Waals surface area contributed by atoms with Gasteiger partial charge in [-0.15, -0.1) is 0 Å². The van der Waals surface area contributed by atoms with Gasteiger partial charge in [-0.2, -0.15) is 11.8 Å². The van der Waals surface area contributed by atoms with Crippen molar-refractivity contribution in [3.05, 3.63) is 23.8 Å². The summed E-state index contributed by atoms with van der Waals surface area (Å²) in [5.41, 5.74) is 0.847. The molecule has 70 valence electrons. The van der Waals surface area contributed by atoms with Crippen LogP contribution in [0.3, 0.4) is 0 Å². The maximum Gasteiger partial charge on any atom is 0.149 e. The van der Waals surface area contributed by atoms with Gasteiger partial charge in [-0.05, 0) is 30.9 Å². The molecule has 13 heavy (non-hydrogen) atoms. The van der Waals surface area contributed by atoms with Crippen LogP contribution in [0.4, 0.5) is 0 Å². The van der Waals surface area contributed by atoms with Crippen molar-refractivity contribution in [1.82, 2.24) is 0 Å². The van der Waals surface area contributed by atoms with Gasteiger partial charge >= 0.3 is 0 Å². The van der Waals surface area contributed by atoms with Crippen LogP contribution in [-0.4, -0.2) is 17.3 Å². The Morgan fingerprint density at radius 3 is 3.00 bits per heavy atom. The highest BCUT2D eigenvalue weighted by Gasteiger charge is 2.24. The zero-order valence-electron chi connectivity index (χ0n) is 7.61. The number of carbonyl (C=O) groups excluding carboxylic acids is 1. The van der Waals surface area contributed by atoms with E-state index in [1.807, 2.05) is 6.08 Å². The smallest absolute Gasteiger partial charge is 0.149 e. The van der Waals surface area contributed by atoms with E-state index in [0.29, 0.717) is 5.92 Å². The lowest BCUT2D eigenvalue weighted by atomic mass is 9.92. The molecule has 1 aliphatic carbocycles. The first-order valence-corrected chi connectivity index (χ1v) is 5.90. The molecule has 0 aromatic carbocycles. The summed E-state index contributed by atoms with van der Waals surface area (Å²) >= 11 is 2.09. The quantitative estimate of drug-likeness (QED) is 0.628. The summed E-state index contributed by atoms with van der Waals surface area (Å²) in [6, 6.07) is 0. The van der Waals surface area contributed by atoms with Crippen molar-refractivity contribution in [2.24, 2.45) is 5.92 Å². The minimum Gasteiger partial charge on any atom is -0.298 e. The Labute approximate surface area is 83.3 Å². The van der Waals surface area contributed by atoms with Gasteiger partial charge in [0.05, 0.1) is 0 Å². The third kappa shape index (κ3) is 2.05. The van der Waals surface area contributed by atoms with Crippen molar-refractivity contribution < 1.29 is 4.79 Å². The van der Waals surface area contributed by atoms with Gasteiger partial charge in [0.1, 0.15) is 6.29 Å². The number of hydrogen-bond donors (Lipinski definition) is 0. The Balaban J connectivity index is 1.95. The lowest BCUT2D eigenvalue weighted by molar-refractivity contribution is -0.104. The summed E-state index contributed by atoms with van der Waals surface area (Å²) in [5, 5.41) is 0.806. The van der Waals surface area contributed by atoms with Crippen molar-refractivity contribution in [3.8, 4) is 0 Å². The van der Waals surface area contributed by atoms with Crippen LogP contribution in [0.2, 0.25) is 0 Å². The van der Waals surface area contributed by atoms with E-state index in [0.717, 1.165) is 23.5 Å². The van der Waals surface area contributed by atoms with Crippen LogP contribution in [0, 0.1) is 5.92 Å². The van der Waals surface area contributed by atoms with Gasteiger partial charge in [-0.3, -0.25) is 4.79 Å². The summed E-state index contributed by atoms with van der Waals surface area (Å²) < 4.78 is 0. The molecule has 2 heteroatoms. The number of aldehydes is 1. The van der Waals surface area contributed by atoms with Gasteiger partial charge in [-0.25, -0.2) is 0 Å². The normalized spacial score (nSPS) is 33.1. The van der Waals surface area contributed by atoms with Gasteiger partial charge < -0.3 is 0 Å². The van der Waals surface area contributed by atoms with Crippen molar-refractivity contribution >= 4 is 18.0 Å². The number of carbonyl (C=O) groups is 1. The average molecular weight is 194 g/mol. The van der Waals surface area contributed by atoms with Crippen LogP contribution in [0.15, 0.2) is 23.8 Å². The summed E-state index contributed by atoms with van der Waals surface area (Å²) in [5.74, 6) is 2.00. The molecule has 1 nitrogen and oxygen atoms in total. The van der Waals surface area contributed by atoms with E-state index < -0.39 is 0 Å². The predicted molar refractivity (Wildman–Crippen MR) is 56.9 cm³/mol. The topological polar surface area (TPSA) is 17.1 Å². The fourth-order valence-electron chi connectivity index (χ4n) is 1.96. The molecule has 2 unspecified atom stereocenters. The highest BCUT2D eigenvalue weighted by molar-refractivity contribution is 8.00. The summed E-state index contributed by atoms with van der Waals surface area (Å²) in [6.45, 7) is 0. The second kappa shape index (κ2) is 4.14. The van der Waals surface area contributed by atoms with E-state index in [2.05, 4.69) is 23.9 Å². The maximum absolute atomic E-state index is 10.5. The SMILES string of the molecule is O=CC1=CCC(C2CCCS2)C=C1. The molecule has 1 aliphatic heterocycles. The molecule has 1 fully saturated rings. The fourth-order valence-corrected chi connectivity index (χ4v) is 3.38. The molecule has 0 radical (unpaired) electrons. The highest BCUT2D eigenvalue weighted by Crippen LogP contribution is 2.35. The lowest BCUT2D eigenvalue weighted by Crippen LogP contribution is -2.13. The zero-order valence-corrected chi connectivity index (χ0v) is 8.43. The minimum absolute atomic E-state index is 0.677. The average Bonchev–Trinajstić information content (AvgIpc) is 2.71. The van der Waals surface area contributed by atoms with Crippen molar-refractivity contribution in [1.29, 1.82) is 0 Å². The van der Waals surface area contributed by atoms with Gasteiger partial charge in [0, 0.05) is 10.8 Å². The Morgan fingerprint density at radius 1 is 1.54 bits per heavy atom. The first kappa shape index (κ1) is 9.07. The Kier molecular flexibility index (Phi) is 2.89. The lowest BCUT2D eigenvalue weighted by Gasteiger charge is -2.20. The van der Waals surface area contributed by atoms with Crippen LogP contribution in [0.5, 0.6) is 0 Å². The summed E-state index contributed by atoms with van der Waals surface area (Å²) in [6.07, 6.45) is 11.0. The first-order valence-electron chi connectivity index (χ1n) is 4.85. The standard InChI is InChI=1S/C11H14OS/c12-8-9-3-5-10(6-4-9)11-2-1-7-13-11/h3-5,8,10-11H,1-2,6-7H2. The Morgan fingerprint density at radius 2 is 2.46 bits per heavy atom. The van der Waals surface area contributed by atoms with Crippen molar-refractivity contribution in [3.63, 3.8) is 0 Å². The van der Waals surface area contributed by atoms with Crippen molar-refractivity contribution in [2.45, 2.75) is 24.5 Å². The molecule has 2 aliphatic rings. The Hall–Kier alpha value is -0.500. The van der Waals surface area contributed by atoms with Crippen LogP contribution >= 0.6 is 11.8 Å². The van der Waals surface area contributed by atoms with Crippen LogP contribution in [-0.2, 0) is 4.79 Å². The zero-order chi connectivity index (χ0) is 9.10. The first-order chi connectivity index (χ1) is 6.40. The molecule has 0 saturated carbocycles.